The van der Waals surface area contributed by atoms with Gasteiger partial charge in [-0.2, -0.15) is 0 Å². The van der Waals surface area contributed by atoms with Gasteiger partial charge in [-0.15, -0.1) is 0 Å². The average molecular weight is 407 g/mol. The van der Waals surface area contributed by atoms with Gasteiger partial charge in [-0.1, -0.05) is 37.3 Å². The van der Waals surface area contributed by atoms with Crippen LogP contribution in [0.5, 0.6) is 5.75 Å². The number of ether oxygens (including phenoxy) is 1. The van der Waals surface area contributed by atoms with Gasteiger partial charge in [0.15, 0.2) is 0 Å². The highest BCUT2D eigenvalue weighted by Crippen LogP contribution is 2.20. The maximum atomic E-state index is 12.0. The van der Waals surface area contributed by atoms with Crippen molar-refractivity contribution in [3.05, 3.63) is 42.5 Å². The predicted octanol–water partition coefficient (Wildman–Crippen LogP) is 2.39. The largest absolute Gasteiger partial charge is 0.494 e. The third-order valence-electron chi connectivity index (χ3n) is 4.33. The Morgan fingerprint density at radius 1 is 1.14 bits per heavy atom. The number of carboxylic acid groups (broad SMARTS) is 1. The number of amides is 1. The highest BCUT2D eigenvalue weighted by atomic mass is 32.2. The number of sulfone groups is 1. The van der Waals surface area contributed by atoms with E-state index in [0.29, 0.717) is 18.8 Å². The van der Waals surface area contributed by atoms with E-state index < -0.39 is 27.8 Å². The van der Waals surface area contributed by atoms with Crippen LogP contribution in [0.2, 0.25) is 0 Å². The summed E-state index contributed by atoms with van der Waals surface area (Å²) >= 11 is 0. The molecule has 0 saturated heterocycles. The van der Waals surface area contributed by atoms with Crippen LogP contribution in [0.1, 0.15) is 26.2 Å². The molecule has 28 heavy (non-hydrogen) atoms. The van der Waals surface area contributed by atoms with Gasteiger partial charge in [0, 0.05) is 12.2 Å². The highest BCUT2D eigenvalue weighted by Gasteiger charge is 2.22. The number of benzene rings is 2. The summed E-state index contributed by atoms with van der Waals surface area (Å²) in [6, 6.07) is 12.4. The summed E-state index contributed by atoms with van der Waals surface area (Å²) in [5, 5.41) is 13.7. The first kappa shape index (κ1) is 21.7. The number of hydrogen-bond acceptors (Lipinski definition) is 5. The van der Waals surface area contributed by atoms with Crippen molar-refractivity contribution in [3.8, 4) is 5.75 Å². The second kappa shape index (κ2) is 10.1. The zero-order chi connectivity index (χ0) is 20.6. The molecule has 152 valence electrons. The van der Waals surface area contributed by atoms with Gasteiger partial charge in [-0.25, -0.2) is 13.2 Å². The molecule has 0 aliphatic heterocycles. The summed E-state index contributed by atoms with van der Waals surface area (Å²) in [6.07, 6.45) is 0.362. The molecule has 0 aliphatic carbocycles. The molecular formula is C20H25NO6S. The van der Waals surface area contributed by atoms with Crippen LogP contribution in [-0.4, -0.2) is 49.6 Å². The number of fused-ring (bicyclic) bond motifs is 1. The van der Waals surface area contributed by atoms with Gasteiger partial charge in [-0.05, 0) is 35.7 Å². The number of nitrogens with one attached hydrogen (secondary N) is 1. The third kappa shape index (κ3) is 6.84. The van der Waals surface area contributed by atoms with Crippen molar-refractivity contribution in [2.75, 3.05) is 18.1 Å². The summed E-state index contributed by atoms with van der Waals surface area (Å²) in [6.45, 7) is 1.81. The minimum absolute atomic E-state index is 0.0562. The quantitative estimate of drug-likeness (QED) is 0.554. The Kier molecular flexibility index (Phi) is 7.80. The lowest BCUT2D eigenvalue weighted by Gasteiger charge is -2.14. The summed E-state index contributed by atoms with van der Waals surface area (Å²) in [7, 11) is -3.29. The van der Waals surface area contributed by atoms with Crippen molar-refractivity contribution in [2.45, 2.75) is 32.2 Å². The fourth-order valence-corrected chi connectivity index (χ4v) is 3.53. The molecule has 0 fully saturated rings. The molecule has 0 aliphatic rings. The molecule has 0 bridgehead atoms. The highest BCUT2D eigenvalue weighted by molar-refractivity contribution is 7.91. The Labute approximate surface area is 164 Å². The number of rotatable bonds is 11. The van der Waals surface area contributed by atoms with Gasteiger partial charge in [0.2, 0.25) is 5.91 Å². The first-order valence-electron chi connectivity index (χ1n) is 9.15. The Hall–Kier alpha value is -2.61. The summed E-state index contributed by atoms with van der Waals surface area (Å²) in [5.41, 5.74) is 0. The van der Waals surface area contributed by atoms with E-state index in [-0.39, 0.29) is 24.3 Å². The molecule has 0 spiro atoms. The molecule has 8 heteroatoms. The minimum Gasteiger partial charge on any atom is -0.494 e. The molecule has 1 atom stereocenters. The zero-order valence-corrected chi connectivity index (χ0v) is 16.6. The number of carbonyl (C=O) groups is 2. The topological polar surface area (TPSA) is 110 Å². The normalized spacial score (nSPS) is 12.5. The van der Waals surface area contributed by atoms with Crippen molar-refractivity contribution in [3.63, 3.8) is 0 Å². The van der Waals surface area contributed by atoms with E-state index in [4.69, 9.17) is 9.84 Å². The van der Waals surface area contributed by atoms with Crippen LogP contribution in [0.25, 0.3) is 10.8 Å². The van der Waals surface area contributed by atoms with Crippen LogP contribution < -0.4 is 10.1 Å². The maximum Gasteiger partial charge on any atom is 0.326 e. The average Bonchev–Trinajstić information content (AvgIpc) is 2.68. The van der Waals surface area contributed by atoms with E-state index in [9.17, 15) is 18.0 Å². The molecule has 0 heterocycles. The molecule has 1 amide bonds. The van der Waals surface area contributed by atoms with Gasteiger partial charge >= 0.3 is 5.97 Å². The molecule has 2 aromatic rings. The first-order chi connectivity index (χ1) is 13.3. The lowest BCUT2D eigenvalue weighted by molar-refractivity contribution is -0.141. The van der Waals surface area contributed by atoms with Crippen molar-refractivity contribution in [1.82, 2.24) is 5.32 Å². The maximum absolute atomic E-state index is 12.0. The predicted molar refractivity (Wildman–Crippen MR) is 107 cm³/mol. The summed E-state index contributed by atoms with van der Waals surface area (Å²) in [4.78, 5) is 23.2. The van der Waals surface area contributed by atoms with Crippen LogP contribution >= 0.6 is 0 Å². The van der Waals surface area contributed by atoms with Crippen molar-refractivity contribution in [2.24, 2.45) is 0 Å². The van der Waals surface area contributed by atoms with Gasteiger partial charge in [-0.3, -0.25) is 4.79 Å². The molecule has 2 N–H and O–H groups in total. The number of carboxylic acids is 1. The summed E-state index contributed by atoms with van der Waals surface area (Å²) < 4.78 is 28.7. The monoisotopic (exact) mass is 407 g/mol. The molecule has 0 radical (unpaired) electrons. The van der Waals surface area contributed by atoms with E-state index in [2.05, 4.69) is 5.32 Å². The summed E-state index contributed by atoms with van der Waals surface area (Å²) in [5.74, 6) is -1.31. The number of carbonyl (C=O) groups excluding carboxylic acids is 1. The molecule has 0 aromatic heterocycles. The van der Waals surface area contributed by atoms with Gasteiger partial charge < -0.3 is 15.2 Å². The van der Waals surface area contributed by atoms with Crippen molar-refractivity contribution >= 4 is 32.5 Å². The van der Waals surface area contributed by atoms with Crippen LogP contribution in [0.3, 0.4) is 0 Å². The van der Waals surface area contributed by atoms with E-state index in [1.165, 1.54) is 6.92 Å². The third-order valence-corrected chi connectivity index (χ3v) is 6.07. The second-order valence-electron chi connectivity index (χ2n) is 6.44. The Balaban J connectivity index is 1.76. The van der Waals surface area contributed by atoms with Gasteiger partial charge in [0.25, 0.3) is 0 Å². The van der Waals surface area contributed by atoms with E-state index in [1.807, 2.05) is 42.5 Å². The van der Waals surface area contributed by atoms with Crippen molar-refractivity contribution in [1.29, 1.82) is 0 Å². The molecule has 2 rings (SSSR count). The second-order valence-corrected chi connectivity index (χ2v) is 8.92. The Morgan fingerprint density at radius 3 is 2.54 bits per heavy atom. The Morgan fingerprint density at radius 2 is 1.86 bits per heavy atom. The fraction of sp³-hybridized carbons (Fsp3) is 0.400. The molecule has 0 saturated carbocycles. The van der Waals surface area contributed by atoms with Gasteiger partial charge in [0.1, 0.15) is 21.6 Å². The van der Waals surface area contributed by atoms with Crippen LogP contribution in [0, 0.1) is 0 Å². The minimum atomic E-state index is -3.29. The first-order valence-corrected chi connectivity index (χ1v) is 11.0. The lowest BCUT2D eigenvalue weighted by Crippen LogP contribution is -2.42. The van der Waals surface area contributed by atoms with Crippen LogP contribution in [0.4, 0.5) is 0 Å². The standard InChI is InChI=1S/C20H25NO6S/c1-2-28(25,26)13-11-18(20(23)24)21-19(22)8-5-12-27-17-10-9-15-6-3-4-7-16(15)14-17/h3-4,6-7,9-10,14,18H,2,5,8,11-13H2,1H3,(H,21,22)(H,23,24). The van der Waals surface area contributed by atoms with E-state index >= 15 is 0 Å². The SMILES string of the molecule is CCS(=O)(=O)CCC(NC(=O)CCCOc1ccc2ccccc2c1)C(=O)O. The van der Waals surface area contributed by atoms with Gasteiger partial charge in [0.05, 0.1) is 12.4 Å². The molecule has 1 unspecified atom stereocenters. The van der Waals surface area contributed by atoms with Crippen LogP contribution in [0.15, 0.2) is 42.5 Å². The van der Waals surface area contributed by atoms with Crippen molar-refractivity contribution < 1.29 is 27.9 Å². The van der Waals surface area contributed by atoms with Crippen LogP contribution in [-0.2, 0) is 19.4 Å². The smallest absolute Gasteiger partial charge is 0.326 e. The number of hydrogen-bond donors (Lipinski definition) is 2. The Bertz CT molecular complexity index is 925. The number of aliphatic carboxylic acids is 1. The zero-order valence-electron chi connectivity index (χ0n) is 15.8. The molecule has 2 aromatic carbocycles. The lowest BCUT2D eigenvalue weighted by atomic mass is 10.1. The molecular weight excluding hydrogens is 382 g/mol. The fourth-order valence-electron chi connectivity index (χ4n) is 2.65. The van der Waals surface area contributed by atoms with E-state index in [1.54, 1.807) is 0 Å². The van der Waals surface area contributed by atoms with E-state index in [0.717, 1.165) is 10.8 Å². The molecule has 7 nitrogen and oxygen atoms in total.